The van der Waals surface area contributed by atoms with Gasteiger partial charge in [-0.15, -0.1) is 0 Å². The third-order valence-electron chi connectivity index (χ3n) is 14.8. The van der Waals surface area contributed by atoms with Crippen LogP contribution in [0.15, 0.2) is 42.7 Å². The normalized spacial score (nSPS) is 23.7. The summed E-state index contributed by atoms with van der Waals surface area (Å²) in [6.07, 6.45) is 10.5. The Morgan fingerprint density at radius 2 is 1.59 bits per heavy atom. The molecule has 2 aromatic carbocycles. The lowest BCUT2D eigenvalue weighted by atomic mass is 9.73. The summed E-state index contributed by atoms with van der Waals surface area (Å²) in [6, 6.07) is 11.5. The lowest BCUT2D eigenvalue weighted by Crippen LogP contribution is -2.58. The largest absolute Gasteiger partial charge is 0.481 e. The van der Waals surface area contributed by atoms with Crippen LogP contribution in [-0.2, 0) is 19.8 Å². The van der Waals surface area contributed by atoms with Gasteiger partial charge in [0, 0.05) is 60.0 Å². The van der Waals surface area contributed by atoms with Crippen molar-refractivity contribution in [2.24, 2.45) is 11.8 Å². The van der Waals surface area contributed by atoms with Gasteiger partial charge in [0.05, 0.1) is 34.6 Å². The summed E-state index contributed by atoms with van der Waals surface area (Å²) in [5, 5.41) is 15.7. The van der Waals surface area contributed by atoms with E-state index in [0.717, 1.165) is 42.7 Å². The molecule has 3 N–H and O–H groups in total. The minimum Gasteiger partial charge on any atom is -0.481 e. The molecular formula is C49H61FN8O5. The number of aliphatic carboxylic acids is 1. The van der Waals surface area contributed by atoms with Gasteiger partial charge in [-0.25, -0.2) is 14.4 Å². The molecule has 5 aliphatic rings. The number of benzene rings is 2. The number of nitrogens with one attached hydrogen (secondary N) is 2. The van der Waals surface area contributed by atoms with Crippen molar-refractivity contribution in [2.45, 2.75) is 135 Å². The number of carboxylic acid groups (broad SMARTS) is 1. The van der Waals surface area contributed by atoms with E-state index >= 15 is 9.18 Å². The van der Waals surface area contributed by atoms with Gasteiger partial charge in [0.1, 0.15) is 11.3 Å². The van der Waals surface area contributed by atoms with Crippen molar-refractivity contribution in [2.75, 3.05) is 36.4 Å². The smallest absolute Gasteiger partial charge is 0.306 e. The highest BCUT2D eigenvalue weighted by atomic mass is 19.1. The molecule has 63 heavy (non-hydrogen) atoms. The number of rotatable bonds is 10. The number of amides is 3. The van der Waals surface area contributed by atoms with E-state index in [1.165, 1.54) is 31.4 Å². The van der Waals surface area contributed by atoms with E-state index in [9.17, 15) is 19.5 Å². The summed E-state index contributed by atoms with van der Waals surface area (Å²) in [5.41, 5.74) is 4.91. The van der Waals surface area contributed by atoms with Crippen molar-refractivity contribution >= 4 is 51.9 Å². The van der Waals surface area contributed by atoms with Crippen LogP contribution in [-0.4, -0.2) is 97.4 Å². The van der Waals surface area contributed by atoms with Crippen LogP contribution >= 0.6 is 0 Å². The van der Waals surface area contributed by atoms with Crippen LogP contribution in [0.2, 0.25) is 0 Å². The summed E-state index contributed by atoms with van der Waals surface area (Å²) < 4.78 is 17.8. The molecule has 5 heterocycles. The monoisotopic (exact) mass is 860 g/mol. The van der Waals surface area contributed by atoms with Crippen LogP contribution in [0.5, 0.6) is 0 Å². The highest BCUT2D eigenvalue weighted by molar-refractivity contribution is 6.09. The molecule has 0 bridgehead atoms. The maximum atomic E-state index is 15.8. The number of carbonyl (C=O) groups is 4. The van der Waals surface area contributed by atoms with Gasteiger partial charge in [0.15, 0.2) is 5.82 Å². The van der Waals surface area contributed by atoms with Crippen LogP contribution < -0.4 is 15.5 Å². The Morgan fingerprint density at radius 3 is 2.25 bits per heavy atom. The Morgan fingerprint density at radius 1 is 0.889 bits per heavy atom. The summed E-state index contributed by atoms with van der Waals surface area (Å²) in [7, 11) is 0. The summed E-state index contributed by atoms with van der Waals surface area (Å²) in [4.78, 5) is 70.2. The van der Waals surface area contributed by atoms with E-state index in [-0.39, 0.29) is 53.4 Å². The van der Waals surface area contributed by atoms with Gasteiger partial charge in [0.25, 0.3) is 5.91 Å². The number of nitrogens with zero attached hydrogens (tertiary/aromatic N) is 6. The van der Waals surface area contributed by atoms with E-state index in [1.807, 2.05) is 49.3 Å². The highest BCUT2D eigenvalue weighted by Crippen LogP contribution is 2.52. The molecule has 0 unspecified atom stereocenters. The predicted octanol–water partition coefficient (Wildman–Crippen LogP) is 8.12. The van der Waals surface area contributed by atoms with Gasteiger partial charge in [-0.2, -0.15) is 0 Å². The van der Waals surface area contributed by atoms with Crippen molar-refractivity contribution in [3.8, 4) is 11.3 Å². The van der Waals surface area contributed by atoms with Crippen molar-refractivity contribution in [1.29, 1.82) is 0 Å². The number of aromatic nitrogens is 3. The zero-order chi connectivity index (χ0) is 44.3. The number of imidazole rings is 1. The molecule has 2 saturated heterocycles. The first-order chi connectivity index (χ1) is 30.2. The SMILES string of the molecule is Cc1cc(F)c(Nc2nc(-c3ccc4c(c3)N(C3CC(N5CCCCC5)C3)C(=O)C43CCN(C(=O)C4CCC(C(=O)O)CC4)CC3)cc3ncn(C(C)C)c23)cc1C(=O)NC(C)C. The predicted molar refractivity (Wildman–Crippen MR) is 241 cm³/mol. The standard InChI is InChI=1S/C49H61FN8O5/c1-28(2)52-45(59)36-25-40(38(50)21-30(36)5)54-44-43-41(51-27-57(43)29(3)4)26-39(53-44)33-13-14-37-42(22-33)58(35-23-34(24-35)55-17-7-6-8-18-55)48(63)49(37)15-19-56(20-16-49)46(60)31-9-11-32(12-10-31)47(61)62/h13-14,21-22,25-29,31-32,34-35H,6-12,15-20,23-24H2,1-5H3,(H,52,59)(H,53,54)(H,61,62). The average Bonchev–Trinajstić information content (AvgIpc) is 3.78. The van der Waals surface area contributed by atoms with E-state index in [4.69, 9.17) is 9.97 Å². The number of anilines is 3. The molecule has 3 amide bonds. The molecule has 4 aromatic rings. The van der Waals surface area contributed by atoms with Crippen LogP contribution in [0, 0.1) is 24.6 Å². The van der Waals surface area contributed by atoms with Gasteiger partial charge in [-0.05, 0) is 147 Å². The molecule has 2 aliphatic carbocycles. The Labute approximate surface area is 368 Å². The quantitative estimate of drug-likeness (QED) is 0.144. The number of likely N-dealkylation sites (tertiary alicyclic amines) is 2. The number of halogens is 1. The van der Waals surface area contributed by atoms with E-state index in [2.05, 4.69) is 32.6 Å². The molecule has 9 rings (SSSR count). The number of piperidine rings is 2. The number of aryl methyl sites for hydroxylation is 1. The molecule has 4 fully saturated rings. The molecule has 2 aromatic heterocycles. The number of pyridine rings is 1. The van der Waals surface area contributed by atoms with Crippen LogP contribution in [0.4, 0.5) is 21.6 Å². The zero-order valence-electron chi connectivity index (χ0n) is 37.3. The highest BCUT2D eigenvalue weighted by Gasteiger charge is 2.56. The number of hydrogen-bond donors (Lipinski definition) is 3. The van der Waals surface area contributed by atoms with Crippen LogP contribution in [0.1, 0.15) is 126 Å². The van der Waals surface area contributed by atoms with E-state index in [1.54, 1.807) is 13.3 Å². The van der Waals surface area contributed by atoms with Gasteiger partial charge in [-0.1, -0.05) is 18.6 Å². The van der Waals surface area contributed by atoms with Gasteiger partial charge < -0.3 is 35.0 Å². The Bertz CT molecular complexity index is 2440. The molecule has 3 aliphatic heterocycles. The maximum Gasteiger partial charge on any atom is 0.306 e. The number of carbonyl (C=O) groups excluding carboxylic acids is 3. The lowest BCUT2D eigenvalue weighted by Gasteiger charge is -2.48. The average molecular weight is 861 g/mol. The summed E-state index contributed by atoms with van der Waals surface area (Å²) >= 11 is 0. The summed E-state index contributed by atoms with van der Waals surface area (Å²) in [6.45, 7) is 12.7. The van der Waals surface area contributed by atoms with Gasteiger partial charge >= 0.3 is 5.97 Å². The molecule has 1 spiro atoms. The van der Waals surface area contributed by atoms with E-state index in [0.29, 0.717) is 91.3 Å². The van der Waals surface area contributed by atoms with Crippen molar-refractivity contribution < 1.29 is 28.7 Å². The first-order valence-electron chi connectivity index (χ1n) is 23.2. The first-order valence-corrected chi connectivity index (χ1v) is 23.2. The number of fused-ring (bicyclic) bond motifs is 3. The third kappa shape index (κ3) is 7.86. The fourth-order valence-electron chi connectivity index (χ4n) is 11.1. The molecular weight excluding hydrogens is 800 g/mol. The fourth-order valence-corrected chi connectivity index (χ4v) is 11.1. The molecule has 334 valence electrons. The van der Waals surface area contributed by atoms with Crippen molar-refractivity contribution in [3.05, 3.63) is 65.2 Å². The van der Waals surface area contributed by atoms with Crippen molar-refractivity contribution in [3.63, 3.8) is 0 Å². The van der Waals surface area contributed by atoms with Gasteiger partial charge in [0.2, 0.25) is 11.8 Å². The topological polar surface area (TPSA) is 153 Å². The second-order valence-electron chi connectivity index (χ2n) is 19.4. The van der Waals surface area contributed by atoms with Gasteiger partial charge in [-0.3, -0.25) is 19.2 Å². The minimum absolute atomic E-state index is 0.0270. The molecule has 0 atom stereocenters. The Hall–Kier alpha value is -5.37. The zero-order valence-corrected chi connectivity index (χ0v) is 37.3. The maximum absolute atomic E-state index is 15.8. The first kappa shape index (κ1) is 42.9. The molecule has 2 saturated carbocycles. The summed E-state index contributed by atoms with van der Waals surface area (Å²) in [5.74, 6) is -1.54. The Kier molecular flexibility index (Phi) is 11.6. The van der Waals surface area contributed by atoms with E-state index < -0.39 is 17.2 Å². The number of carboxylic acids is 1. The van der Waals surface area contributed by atoms with Crippen molar-refractivity contribution in [1.82, 2.24) is 29.7 Å². The van der Waals surface area contributed by atoms with Crippen LogP contribution in [0.25, 0.3) is 22.3 Å². The van der Waals surface area contributed by atoms with Crippen LogP contribution in [0.3, 0.4) is 0 Å². The third-order valence-corrected chi connectivity index (χ3v) is 14.8. The fraction of sp³-hybridized carbons (Fsp3) is 0.551. The second kappa shape index (κ2) is 17.0. The number of hydrogen-bond acceptors (Lipinski definition) is 8. The second-order valence-corrected chi connectivity index (χ2v) is 19.4. The molecule has 0 radical (unpaired) electrons. The minimum atomic E-state index is -0.781. The molecule has 14 heteroatoms. The Balaban J connectivity index is 1.05. The lowest BCUT2D eigenvalue weighted by molar-refractivity contribution is -0.146. The molecule has 13 nitrogen and oxygen atoms in total.